The van der Waals surface area contributed by atoms with Gasteiger partial charge in [-0.05, 0) is 6.07 Å². The number of benzene rings is 1. The molecule has 0 spiro atoms. The van der Waals surface area contributed by atoms with Crippen LogP contribution in [0.1, 0.15) is 5.56 Å². The molecule has 1 amide bonds. The number of nitrogens with one attached hydrogen (secondary N) is 1. The zero-order valence-electron chi connectivity index (χ0n) is 10.6. The maximum absolute atomic E-state index is 13.5. The minimum absolute atomic E-state index is 0.0253. The van der Waals surface area contributed by atoms with Gasteiger partial charge in [-0.2, -0.15) is 0 Å². The number of carbonyl (C=O) groups is 1. The minimum Gasteiger partial charge on any atom is -0.390 e. The molecule has 1 fully saturated rings. The highest BCUT2D eigenvalue weighted by molar-refractivity contribution is 5.79. The smallest absolute Gasteiger partial charge is 0.227 e. The lowest BCUT2D eigenvalue weighted by atomic mass is 10.1. The lowest BCUT2D eigenvalue weighted by Crippen LogP contribution is -2.44. The number of hydrogen-bond donors (Lipinski definition) is 2. The summed E-state index contributed by atoms with van der Waals surface area (Å²) >= 11 is 0. The summed E-state index contributed by atoms with van der Waals surface area (Å²) in [6.45, 7) is 0.922. The summed E-state index contributed by atoms with van der Waals surface area (Å²) in [4.78, 5) is 13.4. The van der Waals surface area contributed by atoms with Gasteiger partial charge in [-0.3, -0.25) is 4.79 Å². The fraction of sp³-hybridized carbons (Fsp3) is 0.462. The summed E-state index contributed by atoms with van der Waals surface area (Å²) in [6.07, 6.45) is -0.852. The van der Waals surface area contributed by atoms with Crippen molar-refractivity contribution in [3.05, 3.63) is 35.4 Å². The van der Waals surface area contributed by atoms with Crippen molar-refractivity contribution >= 4 is 5.91 Å². The lowest BCUT2D eigenvalue weighted by molar-refractivity contribution is -0.132. The number of amides is 1. The molecular formula is C13H16F2N2O2. The molecule has 2 rings (SSSR count). The van der Waals surface area contributed by atoms with E-state index in [1.54, 1.807) is 7.05 Å². The Kier molecular flexibility index (Phi) is 4.11. The summed E-state index contributed by atoms with van der Waals surface area (Å²) in [6, 6.07) is 3.43. The molecule has 104 valence electrons. The maximum Gasteiger partial charge on any atom is 0.227 e. The van der Waals surface area contributed by atoms with Crippen LogP contribution in [0.5, 0.6) is 0 Å². The molecule has 1 aromatic rings. The molecule has 4 nitrogen and oxygen atoms in total. The summed E-state index contributed by atoms with van der Waals surface area (Å²) in [5, 5.41) is 12.6. The number of rotatable bonds is 3. The topological polar surface area (TPSA) is 52.6 Å². The van der Waals surface area contributed by atoms with Gasteiger partial charge in [-0.1, -0.05) is 12.1 Å². The summed E-state index contributed by atoms with van der Waals surface area (Å²) < 4.78 is 26.5. The van der Waals surface area contributed by atoms with E-state index >= 15 is 0 Å². The van der Waals surface area contributed by atoms with E-state index < -0.39 is 17.7 Å². The molecule has 1 aromatic carbocycles. The lowest BCUT2D eigenvalue weighted by Gasteiger charge is -2.26. The molecule has 0 aromatic heterocycles. The number of aliphatic hydroxyl groups excluding tert-OH is 1. The highest BCUT2D eigenvalue weighted by Crippen LogP contribution is 2.14. The first-order valence-corrected chi connectivity index (χ1v) is 6.08. The van der Waals surface area contributed by atoms with Crippen LogP contribution in [-0.2, 0) is 11.2 Å². The molecule has 0 unspecified atom stereocenters. The van der Waals surface area contributed by atoms with Crippen molar-refractivity contribution in [2.45, 2.75) is 18.6 Å². The number of likely N-dealkylation sites (N-methyl/N-ethyl adjacent to an activating group) is 1. The molecule has 1 heterocycles. The van der Waals surface area contributed by atoms with Gasteiger partial charge in [0, 0.05) is 25.7 Å². The van der Waals surface area contributed by atoms with Gasteiger partial charge in [-0.25, -0.2) is 8.78 Å². The molecule has 2 N–H and O–H groups in total. The van der Waals surface area contributed by atoms with Crippen molar-refractivity contribution in [3.8, 4) is 0 Å². The van der Waals surface area contributed by atoms with Crippen LogP contribution in [0.15, 0.2) is 18.2 Å². The highest BCUT2D eigenvalue weighted by atomic mass is 19.2. The second kappa shape index (κ2) is 5.63. The molecule has 1 saturated heterocycles. The second-order valence-electron chi connectivity index (χ2n) is 4.69. The molecule has 0 radical (unpaired) electrons. The molecule has 1 aliphatic rings. The standard InChI is InChI=1S/C13H16F2N2O2/c1-17(10-6-16-7-11(10)18)12(19)5-8-3-2-4-9(14)13(8)15/h2-4,10-11,16,18H,5-7H2,1H3/t10-,11-/m0/s1. The van der Waals surface area contributed by atoms with Crippen molar-refractivity contribution < 1.29 is 18.7 Å². The summed E-state index contributed by atoms with van der Waals surface area (Å²) in [7, 11) is 1.56. The van der Waals surface area contributed by atoms with Crippen molar-refractivity contribution in [1.29, 1.82) is 0 Å². The quantitative estimate of drug-likeness (QED) is 0.830. The Bertz CT molecular complexity index is 482. The van der Waals surface area contributed by atoms with E-state index in [0.717, 1.165) is 6.07 Å². The Hall–Kier alpha value is -1.53. The predicted octanol–water partition coefficient (Wildman–Crippen LogP) is 0.298. The SMILES string of the molecule is CN(C(=O)Cc1cccc(F)c1F)[C@H]1CNC[C@@H]1O. The van der Waals surface area contributed by atoms with Crippen LogP contribution >= 0.6 is 0 Å². The predicted molar refractivity (Wildman–Crippen MR) is 65.5 cm³/mol. The largest absolute Gasteiger partial charge is 0.390 e. The molecule has 1 aliphatic heterocycles. The number of aliphatic hydroxyl groups is 1. The molecular weight excluding hydrogens is 254 g/mol. The van der Waals surface area contributed by atoms with Crippen LogP contribution in [0.2, 0.25) is 0 Å². The third-order valence-corrected chi connectivity index (χ3v) is 3.42. The van der Waals surface area contributed by atoms with Gasteiger partial charge >= 0.3 is 0 Å². The zero-order chi connectivity index (χ0) is 14.0. The van der Waals surface area contributed by atoms with Crippen LogP contribution in [0, 0.1) is 11.6 Å². The fourth-order valence-corrected chi connectivity index (χ4v) is 2.20. The Labute approximate surface area is 110 Å². The van der Waals surface area contributed by atoms with Crippen molar-refractivity contribution in [1.82, 2.24) is 10.2 Å². The zero-order valence-corrected chi connectivity index (χ0v) is 10.6. The summed E-state index contributed by atoms with van der Waals surface area (Å²) in [5.41, 5.74) is 0.0253. The third kappa shape index (κ3) is 2.90. The first kappa shape index (κ1) is 13.9. The van der Waals surface area contributed by atoms with Crippen molar-refractivity contribution in [2.75, 3.05) is 20.1 Å². The van der Waals surface area contributed by atoms with Crippen LogP contribution in [-0.4, -0.2) is 48.2 Å². The number of hydrogen-bond acceptors (Lipinski definition) is 3. The Morgan fingerprint density at radius 3 is 2.84 bits per heavy atom. The van der Waals surface area contributed by atoms with Crippen molar-refractivity contribution in [3.63, 3.8) is 0 Å². The molecule has 0 bridgehead atoms. The van der Waals surface area contributed by atoms with Gasteiger partial charge in [0.2, 0.25) is 5.91 Å². The summed E-state index contributed by atoms with van der Waals surface area (Å²) in [5.74, 6) is -2.30. The van der Waals surface area contributed by atoms with Gasteiger partial charge in [0.25, 0.3) is 0 Å². The number of β-amino-alcohol motifs (C(OH)–C–C–N with tert-alkyl or cyclic N) is 1. The third-order valence-electron chi connectivity index (χ3n) is 3.42. The molecule has 0 saturated carbocycles. The second-order valence-corrected chi connectivity index (χ2v) is 4.69. The average Bonchev–Trinajstić information content (AvgIpc) is 2.80. The van der Waals surface area contributed by atoms with Crippen LogP contribution in [0.3, 0.4) is 0 Å². The molecule has 19 heavy (non-hydrogen) atoms. The normalized spacial score (nSPS) is 22.5. The van der Waals surface area contributed by atoms with Crippen LogP contribution < -0.4 is 5.32 Å². The highest BCUT2D eigenvalue weighted by Gasteiger charge is 2.31. The molecule has 0 aliphatic carbocycles. The van der Waals surface area contributed by atoms with Crippen LogP contribution in [0.25, 0.3) is 0 Å². The first-order valence-electron chi connectivity index (χ1n) is 6.08. The first-order chi connectivity index (χ1) is 9.00. The van der Waals surface area contributed by atoms with E-state index in [1.165, 1.54) is 17.0 Å². The Balaban J connectivity index is 2.06. The minimum atomic E-state index is -0.991. The fourth-order valence-electron chi connectivity index (χ4n) is 2.20. The van der Waals surface area contributed by atoms with E-state index in [4.69, 9.17) is 0 Å². The van der Waals surface area contributed by atoms with Gasteiger partial charge in [0.1, 0.15) is 0 Å². The Morgan fingerprint density at radius 1 is 1.47 bits per heavy atom. The van der Waals surface area contributed by atoms with Crippen LogP contribution in [0.4, 0.5) is 8.78 Å². The average molecular weight is 270 g/mol. The Morgan fingerprint density at radius 2 is 2.21 bits per heavy atom. The van der Waals surface area contributed by atoms with Gasteiger partial charge in [0.15, 0.2) is 11.6 Å². The molecule has 2 atom stereocenters. The van der Waals surface area contributed by atoms with E-state index in [1.807, 2.05) is 0 Å². The monoisotopic (exact) mass is 270 g/mol. The van der Waals surface area contributed by atoms with Gasteiger partial charge < -0.3 is 15.3 Å². The molecule has 6 heteroatoms. The van der Waals surface area contributed by atoms with E-state index in [-0.39, 0.29) is 23.9 Å². The van der Waals surface area contributed by atoms with Gasteiger partial charge in [0.05, 0.1) is 18.6 Å². The van der Waals surface area contributed by atoms with E-state index in [9.17, 15) is 18.7 Å². The van der Waals surface area contributed by atoms with Gasteiger partial charge in [-0.15, -0.1) is 0 Å². The maximum atomic E-state index is 13.5. The number of halogens is 2. The van der Waals surface area contributed by atoms with E-state index in [0.29, 0.717) is 13.1 Å². The van der Waals surface area contributed by atoms with Crippen molar-refractivity contribution in [2.24, 2.45) is 0 Å². The number of carbonyl (C=O) groups excluding carboxylic acids is 1. The number of nitrogens with zero attached hydrogens (tertiary/aromatic N) is 1. The van der Waals surface area contributed by atoms with E-state index in [2.05, 4.69) is 5.32 Å².